The number of nitrogens with one attached hydrogen (secondary N) is 2. The van der Waals surface area contributed by atoms with Gasteiger partial charge in [0.25, 0.3) is 5.91 Å². The summed E-state index contributed by atoms with van der Waals surface area (Å²) < 4.78 is 32.9. The summed E-state index contributed by atoms with van der Waals surface area (Å²) in [4.78, 5) is 26.1. The number of aromatic nitrogens is 3. The molecular weight excluding hydrogens is 394 g/mol. The average Bonchev–Trinajstić information content (AvgIpc) is 2.73. The highest BCUT2D eigenvalue weighted by Crippen LogP contribution is 2.24. The number of amides is 1. The van der Waals surface area contributed by atoms with E-state index in [9.17, 15) is 13.6 Å². The molecule has 0 radical (unpaired) electrons. The number of carbonyl (C=O) groups is 1. The molecule has 2 N–H and O–H groups in total. The van der Waals surface area contributed by atoms with Crippen molar-refractivity contribution in [2.75, 3.05) is 30.4 Å². The molecule has 1 saturated heterocycles. The molecule has 2 aromatic carbocycles. The Hall–Kier alpha value is -3.82. The fourth-order valence-electron chi connectivity index (χ4n) is 2.91. The fraction of sp³-hybridized carbons (Fsp3) is 0.200. The Labute approximate surface area is 170 Å². The summed E-state index contributed by atoms with van der Waals surface area (Å²) >= 11 is 0. The molecule has 10 heteroatoms. The number of hydrogen-bond acceptors (Lipinski definition) is 7. The Kier molecular flexibility index (Phi) is 5.38. The molecule has 1 aromatic heterocycles. The number of halogens is 2. The van der Waals surface area contributed by atoms with Crippen molar-refractivity contribution >= 4 is 23.5 Å². The molecule has 3 aromatic rings. The normalized spacial score (nSPS) is 13.5. The standard InChI is InChI=1S/C20H18F2N6O2/c1-23-18(29)12-2-7-16(22)17(8-12)26-19-24-11-25-20(27-19)28-9-15(10-28)30-14-5-3-13(21)4-6-14/h2-8,11,15H,9-10H2,1H3,(H,23,29)(H,24,25,26,27). The lowest BCUT2D eigenvalue weighted by Gasteiger charge is -2.38. The minimum absolute atomic E-state index is 0.0781. The van der Waals surface area contributed by atoms with E-state index < -0.39 is 5.82 Å². The van der Waals surface area contributed by atoms with Crippen LogP contribution in [0.4, 0.5) is 26.4 Å². The molecule has 1 amide bonds. The highest BCUT2D eigenvalue weighted by atomic mass is 19.1. The van der Waals surface area contributed by atoms with Crippen LogP contribution in [-0.4, -0.2) is 47.1 Å². The molecule has 2 heterocycles. The van der Waals surface area contributed by atoms with Gasteiger partial charge in [0.2, 0.25) is 11.9 Å². The minimum Gasteiger partial charge on any atom is -0.487 e. The highest BCUT2D eigenvalue weighted by molar-refractivity contribution is 5.95. The number of ether oxygens (including phenoxy) is 1. The van der Waals surface area contributed by atoms with E-state index in [4.69, 9.17) is 4.74 Å². The van der Waals surface area contributed by atoms with Gasteiger partial charge >= 0.3 is 0 Å². The van der Waals surface area contributed by atoms with E-state index in [2.05, 4.69) is 25.6 Å². The molecule has 1 aliphatic rings. The summed E-state index contributed by atoms with van der Waals surface area (Å²) in [6.45, 7) is 1.09. The van der Waals surface area contributed by atoms with Crippen molar-refractivity contribution in [3.8, 4) is 5.75 Å². The minimum atomic E-state index is -0.540. The average molecular weight is 412 g/mol. The van der Waals surface area contributed by atoms with Crippen molar-refractivity contribution in [1.82, 2.24) is 20.3 Å². The second kappa shape index (κ2) is 8.27. The maximum absolute atomic E-state index is 14.1. The van der Waals surface area contributed by atoms with Crippen LogP contribution in [-0.2, 0) is 0 Å². The first-order chi connectivity index (χ1) is 14.5. The molecule has 1 aliphatic heterocycles. The molecule has 1 fully saturated rings. The number of benzene rings is 2. The van der Waals surface area contributed by atoms with Crippen molar-refractivity contribution in [2.45, 2.75) is 6.10 Å². The van der Waals surface area contributed by atoms with Crippen LogP contribution in [0.5, 0.6) is 5.75 Å². The van der Waals surface area contributed by atoms with E-state index in [1.165, 1.54) is 43.7 Å². The van der Waals surface area contributed by atoms with Crippen molar-refractivity contribution in [1.29, 1.82) is 0 Å². The van der Waals surface area contributed by atoms with Gasteiger partial charge in [0, 0.05) is 12.6 Å². The first kappa shape index (κ1) is 19.5. The van der Waals surface area contributed by atoms with Gasteiger partial charge in [-0.1, -0.05) is 0 Å². The maximum atomic E-state index is 14.1. The second-order valence-corrected chi connectivity index (χ2v) is 6.61. The largest absolute Gasteiger partial charge is 0.487 e. The van der Waals surface area contributed by atoms with Gasteiger partial charge in [-0.15, -0.1) is 0 Å². The Morgan fingerprint density at radius 1 is 1.13 bits per heavy atom. The molecule has 0 saturated carbocycles. The monoisotopic (exact) mass is 412 g/mol. The summed E-state index contributed by atoms with van der Waals surface area (Å²) in [6, 6.07) is 9.80. The zero-order valence-corrected chi connectivity index (χ0v) is 16.0. The van der Waals surface area contributed by atoms with Crippen LogP contribution in [0.2, 0.25) is 0 Å². The number of anilines is 3. The Balaban J connectivity index is 1.40. The van der Waals surface area contributed by atoms with Crippen LogP contribution in [0.3, 0.4) is 0 Å². The van der Waals surface area contributed by atoms with E-state index in [1.54, 1.807) is 12.1 Å². The highest BCUT2D eigenvalue weighted by Gasteiger charge is 2.30. The van der Waals surface area contributed by atoms with Gasteiger partial charge in [0.1, 0.15) is 29.8 Å². The first-order valence-corrected chi connectivity index (χ1v) is 9.16. The molecule has 30 heavy (non-hydrogen) atoms. The van der Waals surface area contributed by atoms with Crippen LogP contribution in [0.25, 0.3) is 0 Å². The van der Waals surface area contributed by atoms with E-state index >= 15 is 0 Å². The molecule has 0 aliphatic carbocycles. The van der Waals surface area contributed by atoms with Gasteiger partial charge < -0.3 is 20.3 Å². The van der Waals surface area contributed by atoms with Gasteiger partial charge in [-0.3, -0.25) is 4.79 Å². The van der Waals surface area contributed by atoms with Gasteiger partial charge in [-0.05, 0) is 42.5 Å². The summed E-state index contributed by atoms with van der Waals surface area (Å²) in [5, 5.41) is 5.27. The van der Waals surface area contributed by atoms with E-state index in [0.29, 0.717) is 30.4 Å². The lowest BCUT2D eigenvalue weighted by molar-refractivity contribution is 0.0963. The van der Waals surface area contributed by atoms with Crippen LogP contribution >= 0.6 is 0 Å². The fourth-order valence-corrected chi connectivity index (χ4v) is 2.91. The van der Waals surface area contributed by atoms with Gasteiger partial charge in [-0.25, -0.2) is 18.7 Å². The summed E-state index contributed by atoms with van der Waals surface area (Å²) in [5.74, 6) is -0.0423. The van der Waals surface area contributed by atoms with Gasteiger partial charge in [0.15, 0.2) is 0 Å². The third-order valence-corrected chi connectivity index (χ3v) is 4.51. The molecule has 0 atom stereocenters. The molecule has 154 valence electrons. The number of carbonyl (C=O) groups excluding carboxylic acids is 1. The zero-order valence-electron chi connectivity index (χ0n) is 16.0. The van der Waals surface area contributed by atoms with E-state index in [1.807, 2.05) is 4.90 Å². The summed E-state index contributed by atoms with van der Waals surface area (Å²) in [7, 11) is 1.50. The predicted molar refractivity (Wildman–Crippen MR) is 106 cm³/mol. The number of hydrogen-bond donors (Lipinski definition) is 2. The molecular formula is C20H18F2N6O2. The Morgan fingerprint density at radius 2 is 1.90 bits per heavy atom. The first-order valence-electron chi connectivity index (χ1n) is 9.16. The quantitative estimate of drug-likeness (QED) is 0.643. The second-order valence-electron chi connectivity index (χ2n) is 6.61. The van der Waals surface area contributed by atoms with Gasteiger partial charge in [0.05, 0.1) is 18.8 Å². The van der Waals surface area contributed by atoms with Crippen LogP contribution < -0.4 is 20.3 Å². The lowest BCUT2D eigenvalue weighted by Crippen LogP contribution is -2.54. The lowest BCUT2D eigenvalue weighted by atomic mass is 10.2. The predicted octanol–water partition coefficient (Wildman–Crippen LogP) is 2.52. The summed E-state index contributed by atoms with van der Waals surface area (Å²) in [5.41, 5.74) is 0.383. The topological polar surface area (TPSA) is 92.3 Å². The van der Waals surface area contributed by atoms with Gasteiger partial charge in [-0.2, -0.15) is 4.98 Å². The maximum Gasteiger partial charge on any atom is 0.251 e. The smallest absolute Gasteiger partial charge is 0.251 e. The molecule has 0 bridgehead atoms. The van der Waals surface area contributed by atoms with Crippen LogP contribution in [0.15, 0.2) is 48.8 Å². The molecule has 0 spiro atoms. The molecule has 0 unspecified atom stereocenters. The number of nitrogens with zero attached hydrogens (tertiary/aromatic N) is 4. The number of rotatable bonds is 6. The van der Waals surface area contributed by atoms with Crippen LogP contribution in [0.1, 0.15) is 10.4 Å². The molecule has 4 rings (SSSR count). The third kappa shape index (κ3) is 4.27. The van der Waals surface area contributed by atoms with E-state index in [0.717, 1.165) is 0 Å². The Bertz CT molecular complexity index is 1060. The Morgan fingerprint density at radius 3 is 2.63 bits per heavy atom. The molecule has 8 nitrogen and oxygen atoms in total. The van der Waals surface area contributed by atoms with Crippen molar-refractivity contribution in [3.05, 3.63) is 66.0 Å². The van der Waals surface area contributed by atoms with Crippen molar-refractivity contribution in [2.24, 2.45) is 0 Å². The zero-order chi connectivity index (χ0) is 21.1. The van der Waals surface area contributed by atoms with E-state index in [-0.39, 0.29) is 29.5 Å². The third-order valence-electron chi connectivity index (χ3n) is 4.51. The SMILES string of the molecule is CNC(=O)c1ccc(F)c(Nc2ncnc(N3CC(Oc4ccc(F)cc4)C3)n2)c1. The van der Waals surface area contributed by atoms with Crippen molar-refractivity contribution < 1.29 is 18.3 Å². The van der Waals surface area contributed by atoms with Crippen molar-refractivity contribution in [3.63, 3.8) is 0 Å². The summed E-state index contributed by atoms with van der Waals surface area (Å²) in [6.07, 6.45) is 1.24. The van der Waals surface area contributed by atoms with Crippen LogP contribution in [0, 0.1) is 11.6 Å².